The van der Waals surface area contributed by atoms with Crippen molar-refractivity contribution in [1.82, 2.24) is 0 Å². The van der Waals surface area contributed by atoms with Crippen LogP contribution in [0.25, 0.3) is 0 Å². The molecule has 0 aliphatic rings. The summed E-state index contributed by atoms with van der Waals surface area (Å²) in [7, 11) is 0. The van der Waals surface area contributed by atoms with E-state index in [0.29, 0.717) is 0 Å². The molecule has 0 atom stereocenters. The summed E-state index contributed by atoms with van der Waals surface area (Å²) < 4.78 is 1.11. The topological polar surface area (TPSA) is 29.3 Å². The van der Waals surface area contributed by atoms with E-state index in [1.807, 2.05) is 6.07 Å². The van der Waals surface area contributed by atoms with Gasteiger partial charge in [0.05, 0.1) is 9.47 Å². The molecule has 0 saturated heterocycles. The van der Waals surface area contributed by atoms with E-state index in [-0.39, 0.29) is 0 Å². The van der Waals surface area contributed by atoms with Crippen molar-refractivity contribution < 1.29 is 0 Å². The van der Waals surface area contributed by atoms with Crippen LogP contribution in [0.5, 0.6) is 0 Å². The summed E-state index contributed by atoms with van der Waals surface area (Å²) in [6.07, 6.45) is 0. The van der Waals surface area contributed by atoms with E-state index in [1.165, 1.54) is 5.00 Å². The van der Waals surface area contributed by atoms with Crippen molar-refractivity contribution in [1.29, 1.82) is 0 Å². The molecule has 0 bridgehead atoms. The number of hydrogen-bond acceptors (Lipinski definition) is 3. The van der Waals surface area contributed by atoms with Crippen molar-refractivity contribution in [2.24, 2.45) is 0 Å². The summed E-state index contributed by atoms with van der Waals surface area (Å²) in [6, 6.07) is 1.96. The number of rotatable bonds is 3. The fourth-order valence-corrected chi connectivity index (χ4v) is 2.94. The standard InChI is InChI=1S/C8H13BrN2S/c1-3-11(4-2)8-6(9)5-7(10)12-8/h5H,3-4,10H2,1-2H3. The molecule has 0 amide bonds. The molecular weight excluding hydrogens is 236 g/mol. The molecule has 0 radical (unpaired) electrons. The summed E-state index contributed by atoms with van der Waals surface area (Å²) in [4.78, 5) is 2.28. The highest BCUT2D eigenvalue weighted by Crippen LogP contribution is 2.36. The van der Waals surface area contributed by atoms with Gasteiger partial charge in [-0.05, 0) is 35.8 Å². The van der Waals surface area contributed by atoms with Crippen molar-refractivity contribution in [2.45, 2.75) is 13.8 Å². The van der Waals surface area contributed by atoms with Crippen molar-refractivity contribution in [3.8, 4) is 0 Å². The third-order valence-electron chi connectivity index (χ3n) is 1.74. The van der Waals surface area contributed by atoms with Gasteiger partial charge in [0.1, 0.15) is 5.00 Å². The molecule has 2 nitrogen and oxygen atoms in total. The Morgan fingerprint density at radius 2 is 2.08 bits per heavy atom. The Labute approximate surface area is 85.5 Å². The van der Waals surface area contributed by atoms with Crippen LogP contribution in [0.4, 0.5) is 10.0 Å². The molecule has 12 heavy (non-hydrogen) atoms. The maximum absolute atomic E-state index is 5.69. The Morgan fingerprint density at radius 1 is 1.50 bits per heavy atom. The maximum Gasteiger partial charge on any atom is 0.107 e. The molecule has 4 heteroatoms. The molecule has 1 aromatic rings. The zero-order valence-electron chi connectivity index (χ0n) is 7.30. The van der Waals surface area contributed by atoms with E-state index in [0.717, 1.165) is 22.6 Å². The van der Waals surface area contributed by atoms with Crippen molar-refractivity contribution in [2.75, 3.05) is 23.7 Å². The summed E-state index contributed by atoms with van der Waals surface area (Å²) in [6.45, 7) is 6.34. The molecule has 0 unspecified atom stereocenters. The summed E-state index contributed by atoms with van der Waals surface area (Å²) in [5, 5.41) is 2.10. The first-order chi connectivity index (χ1) is 5.69. The van der Waals surface area contributed by atoms with Gasteiger partial charge in [-0.3, -0.25) is 0 Å². The molecule has 0 spiro atoms. The number of nitrogen functional groups attached to an aromatic ring is 1. The Hall–Kier alpha value is -0.220. The number of thiophene rings is 1. The summed E-state index contributed by atoms with van der Waals surface area (Å²) in [5.41, 5.74) is 5.69. The van der Waals surface area contributed by atoms with Gasteiger partial charge >= 0.3 is 0 Å². The molecule has 1 rings (SSSR count). The van der Waals surface area contributed by atoms with Gasteiger partial charge in [-0.25, -0.2) is 0 Å². The summed E-state index contributed by atoms with van der Waals surface area (Å²) >= 11 is 5.12. The molecule has 0 fully saturated rings. The van der Waals surface area contributed by atoms with Gasteiger partial charge in [0.15, 0.2) is 0 Å². The van der Waals surface area contributed by atoms with Crippen LogP contribution in [0.3, 0.4) is 0 Å². The lowest BCUT2D eigenvalue weighted by atomic mass is 10.5. The fourth-order valence-electron chi connectivity index (χ4n) is 1.10. The lowest BCUT2D eigenvalue weighted by molar-refractivity contribution is 0.874. The Bertz CT molecular complexity index is 256. The second-order valence-corrected chi connectivity index (χ2v) is 4.39. The van der Waals surface area contributed by atoms with E-state index < -0.39 is 0 Å². The van der Waals surface area contributed by atoms with Gasteiger partial charge in [-0.2, -0.15) is 0 Å². The SMILES string of the molecule is CCN(CC)c1sc(N)cc1Br. The second kappa shape index (κ2) is 4.14. The van der Waals surface area contributed by atoms with Crippen LogP contribution in [0, 0.1) is 0 Å². The van der Waals surface area contributed by atoms with Crippen LogP contribution in [0.15, 0.2) is 10.5 Å². The minimum atomic E-state index is 0.865. The molecule has 2 N–H and O–H groups in total. The van der Waals surface area contributed by atoms with Crippen LogP contribution >= 0.6 is 27.3 Å². The number of hydrogen-bond donors (Lipinski definition) is 1. The van der Waals surface area contributed by atoms with Gasteiger partial charge in [0.25, 0.3) is 0 Å². The fraction of sp³-hybridized carbons (Fsp3) is 0.500. The first kappa shape index (κ1) is 9.86. The number of anilines is 2. The first-order valence-electron chi connectivity index (χ1n) is 3.98. The third kappa shape index (κ3) is 1.93. The smallest absolute Gasteiger partial charge is 0.107 e. The van der Waals surface area contributed by atoms with Crippen LogP contribution in [-0.2, 0) is 0 Å². The van der Waals surface area contributed by atoms with Crippen LogP contribution in [-0.4, -0.2) is 13.1 Å². The number of halogens is 1. The number of nitrogens with zero attached hydrogens (tertiary/aromatic N) is 1. The highest BCUT2D eigenvalue weighted by Gasteiger charge is 2.09. The predicted molar refractivity (Wildman–Crippen MR) is 60.0 cm³/mol. The molecule has 0 aliphatic carbocycles. The molecule has 0 aromatic carbocycles. The van der Waals surface area contributed by atoms with Gasteiger partial charge in [-0.15, -0.1) is 11.3 Å². The van der Waals surface area contributed by atoms with Crippen LogP contribution in [0.2, 0.25) is 0 Å². The molecule has 0 aliphatic heterocycles. The van der Waals surface area contributed by atoms with E-state index in [4.69, 9.17) is 5.73 Å². The van der Waals surface area contributed by atoms with Crippen LogP contribution < -0.4 is 10.6 Å². The molecule has 1 aromatic heterocycles. The largest absolute Gasteiger partial charge is 0.390 e. The average Bonchev–Trinajstić information content (AvgIpc) is 2.34. The highest BCUT2D eigenvalue weighted by molar-refractivity contribution is 9.10. The Morgan fingerprint density at radius 3 is 2.42 bits per heavy atom. The van der Waals surface area contributed by atoms with E-state index in [2.05, 4.69) is 34.7 Å². The average molecular weight is 249 g/mol. The molecule has 68 valence electrons. The molecular formula is C8H13BrN2S. The van der Waals surface area contributed by atoms with E-state index in [1.54, 1.807) is 11.3 Å². The minimum Gasteiger partial charge on any atom is -0.390 e. The lowest BCUT2D eigenvalue weighted by Gasteiger charge is -2.18. The highest BCUT2D eigenvalue weighted by atomic mass is 79.9. The van der Waals surface area contributed by atoms with Crippen molar-refractivity contribution in [3.63, 3.8) is 0 Å². The van der Waals surface area contributed by atoms with Crippen LogP contribution in [0.1, 0.15) is 13.8 Å². The Kier molecular flexibility index (Phi) is 3.40. The predicted octanol–water partition coefficient (Wildman–Crippen LogP) is 2.94. The van der Waals surface area contributed by atoms with E-state index in [9.17, 15) is 0 Å². The summed E-state index contributed by atoms with van der Waals surface area (Å²) in [5.74, 6) is 0. The maximum atomic E-state index is 5.69. The van der Waals surface area contributed by atoms with Crippen molar-refractivity contribution >= 4 is 37.3 Å². The zero-order chi connectivity index (χ0) is 9.14. The zero-order valence-corrected chi connectivity index (χ0v) is 9.70. The third-order valence-corrected chi connectivity index (χ3v) is 3.63. The lowest BCUT2D eigenvalue weighted by Crippen LogP contribution is -2.20. The van der Waals surface area contributed by atoms with Gasteiger partial charge in [-0.1, -0.05) is 0 Å². The minimum absolute atomic E-state index is 0.865. The first-order valence-corrected chi connectivity index (χ1v) is 5.59. The van der Waals surface area contributed by atoms with Gasteiger partial charge < -0.3 is 10.6 Å². The van der Waals surface area contributed by atoms with Crippen molar-refractivity contribution in [3.05, 3.63) is 10.5 Å². The van der Waals surface area contributed by atoms with E-state index >= 15 is 0 Å². The van der Waals surface area contributed by atoms with Gasteiger partial charge in [0.2, 0.25) is 0 Å². The van der Waals surface area contributed by atoms with Gasteiger partial charge in [0, 0.05) is 13.1 Å². The second-order valence-electron chi connectivity index (χ2n) is 2.47. The molecule has 1 heterocycles. The number of nitrogens with two attached hydrogens (primary N) is 1. The monoisotopic (exact) mass is 248 g/mol. The quantitative estimate of drug-likeness (QED) is 0.892. The Balaban J connectivity index is 2.91. The molecule has 0 saturated carbocycles. The normalized spacial score (nSPS) is 10.2.